The fourth-order valence-corrected chi connectivity index (χ4v) is 3.30. The summed E-state index contributed by atoms with van der Waals surface area (Å²) in [5, 5.41) is 3.18. The lowest BCUT2D eigenvalue weighted by atomic mass is 9.95. The third-order valence-electron chi connectivity index (χ3n) is 4.53. The molecule has 0 saturated carbocycles. The molecule has 5 nitrogen and oxygen atoms in total. The van der Waals surface area contributed by atoms with E-state index in [1.54, 1.807) is 0 Å². The molecule has 22 heavy (non-hydrogen) atoms. The van der Waals surface area contributed by atoms with Crippen LogP contribution in [0.4, 0.5) is 0 Å². The molecule has 0 aliphatic carbocycles. The lowest BCUT2D eigenvalue weighted by molar-refractivity contribution is -0.127. The van der Waals surface area contributed by atoms with E-state index in [0.29, 0.717) is 6.61 Å². The van der Waals surface area contributed by atoms with E-state index in [9.17, 15) is 4.79 Å². The highest BCUT2D eigenvalue weighted by atomic mass is 16.5. The van der Waals surface area contributed by atoms with Crippen molar-refractivity contribution in [3.8, 4) is 5.75 Å². The Labute approximate surface area is 129 Å². The molecule has 1 amide bonds. The molecule has 0 radical (unpaired) electrons. The molecule has 1 aromatic heterocycles. The van der Waals surface area contributed by atoms with E-state index in [-0.39, 0.29) is 17.9 Å². The van der Waals surface area contributed by atoms with Crippen LogP contribution in [-0.2, 0) is 24.2 Å². The lowest BCUT2D eigenvalue weighted by Gasteiger charge is -2.29. The van der Waals surface area contributed by atoms with Crippen molar-refractivity contribution < 1.29 is 9.53 Å². The summed E-state index contributed by atoms with van der Waals surface area (Å²) in [6.45, 7) is 1.27. The Hall–Kier alpha value is -2.30. The fourth-order valence-electron chi connectivity index (χ4n) is 3.30. The summed E-state index contributed by atoms with van der Waals surface area (Å²) in [6.07, 6.45) is 6.43. The number of benzene rings is 1. The summed E-state index contributed by atoms with van der Waals surface area (Å²) < 4.78 is 7.84. The maximum atomic E-state index is 12.5. The topological polar surface area (TPSA) is 56.2 Å². The molecule has 3 heterocycles. The van der Waals surface area contributed by atoms with Crippen LogP contribution in [0.15, 0.2) is 36.7 Å². The average molecular weight is 297 g/mol. The van der Waals surface area contributed by atoms with Crippen molar-refractivity contribution in [2.75, 3.05) is 6.61 Å². The zero-order chi connectivity index (χ0) is 14.9. The Bertz CT molecular complexity index is 695. The second-order valence-corrected chi connectivity index (χ2v) is 6.06. The van der Waals surface area contributed by atoms with Crippen molar-refractivity contribution in [1.29, 1.82) is 0 Å². The zero-order valence-electron chi connectivity index (χ0n) is 12.4. The number of imidazole rings is 1. The number of aryl methyl sites for hydroxylation is 1. The van der Waals surface area contributed by atoms with Gasteiger partial charge in [0.2, 0.25) is 5.91 Å². The molecule has 5 heteroatoms. The van der Waals surface area contributed by atoms with E-state index in [1.165, 1.54) is 0 Å². The van der Waals surface area contributed by atoms with E-state index in [4.69, 9.17) is 4.74 Å². The van der Waals surface area contributed by atoms with E-state index in [1.807, 2.05) is 36.7 Å². The van der Waals surface area contributed by atoms with Crippen molar-refractivity contribution >= 4 is 5.91 Å². The molecule has 114 valence electrons. The van der Waals surface area contributed by atoms with Crippen LogP contribution in [0.1, 0.15) is 17.8 Å². The highest BCUT2D eigenvalue weighted by Gasteiger charge is 2.28. The van der Waals surface area contributed by atoms with E-state index in [0.717, 1.165) is 42.9 Å². The Balaban J connectivity index is 1.39. The van der Waals surface area contributed by atoms with Crippen LogP contribution in [0.2, 0.25) is 0 Å². The first-order valence-corrected chi connectivity index (χ1v) is 7.80. The Morgan fingerprint density at radius 3 is 3.23 bits per heavy atom. The predicted octanol–water partition coefficient (Wildman–Crippen LogP) is 1.57. The Morgan fingerprint density at radius 2 is 2.27 bits per heavy atom. The number of carbonyl (C=O) groups excluding carboxylic acids is 1. The molecular weight excluding hydrogens is 278 g/mol. The number of nitrogens with zero attached hydrogens (tertiary/aromatic N) is 2. The second kappa shape index (κ2) is 5.48. The van der Waals surface area contributed by atoms with Gasteiger partial charge in [0.1, 0.15) is 18.2 Å². The van der Waals surface area contributed by atoms with Gasteiger partial charge in [-0.25, -0.2) is 4.98 Å². The van der Waals surface area contributed by atoms with Gasteiger partial charge in [0.05, 0.1) is 5.92 Å². The SMILES string of the molecule is O=C(N[C@H]1CCc2nccn2C1)[C@@H]1COc2ccccc2C1. The number of amides is 1. The number of aromatic nitrogens is 2. The Morgan fingerprint density at radius 1 is 1.36 bits per heavy atom. The Kier molecular flexibility index (Phi) is 3.33. The summed E-state index contributed by atoms with van der Waals surface area (Å²) in [7, 11) is 0. The number of nitrogens with one attached hydrogen (secondary N) is 1. The van der Waals surface area contributed by atoms with E-state index < -0.39 is 0 Å². The summed E-state index contributed by atoms with van der Waals surface area (Å²) in [5.41, 5.74) is 1.12. The number of fused-ring (bicyclic) bond motifs is 2. The highest BCUT2D eigenvalue weighted by molar-refractivity contribution is 5.80. The molecule has 0 spiro atoms. The smallest absolute Gasteiger partial charge is 0.227 e. The van der Waals surface area contributed by atoms with Gasteiger partial charge in [0.15, 0.2) is 0 Å². The van der Waals surface area contributed by atoms with Crippen LogP contribution < -0.4 is 10.1 Å². The van der Waals surface area contributed by atoms with Gasteiger partial charge in [0, 0.05) is 31.4 Å². The monoisotopic (exact) mass is 297 g/mol. The molecule has 0 saturated heterocycles. The van der Waals surface area contributed by atoms with Crippen molar-refractivity contribution in [1.82, 2.24) is 14.9 Å². The van der Waals surface area contributed by atoms with Crippen LogP contribution in [0.3, 0.4) is 0 Å². The van der Waals surface area contributed by atoms with Gasteiger partial charge >= 0.3 is 0 Å². The van der Waals surface area contributed by atoms with E-state index in [2.05, 4.69) is 14.9 Å². The summed E-state index contributed by atoms with van der Waals surface area (Å²) in [4.78, 5) is 16.8. The second-order valence-electron chi connectivity index (χ2n) is 6.06. The van der Waals surface area contributed by atoms with Crippen molar-refractivity contribution in [2.24, 2.45) is 5.92 Å². The minimum atomic E-state index is -0.0981. The van der Waals surface area contributed by atoms with Gasteiger partial charge in [-0.05, 0) is 24.5 Å². The number of carbonyl (C=O) groups is 1. The third-order valence-corrected chi connectivity index (χ3v) is 4.53. The summed E-state index contributed by atoms with van der Waals surface area (Å²) in [6, 6.07) is 8.14. The van der Waals surface area contributed by atoms with Gasteiger partial charge < -0.3 is 14.6 Å². The number of ether oxygens (including phenoxy) is 1. The molecule has 2 aliphatic heterocycles. The quantitative estimate of drug-likeness (QED) is 0.915. The largest absolute Gasteiger partial charge is 0.492 e. The number of rotatable bonds is 2. The minimum absolute atomic E-state index is 0.0981. The fraction of sp³-hybridized carbons (Fsp3) is 0.412. The van der Waals surface area contributed by atoms with Crippen LogP contribution in [-0.4, -0.2) is 28.1 Å². The summed E-state index contributed by atoms with van der Waals surface area (Å²) in [5.74, 6) is 2.02. The minimum Gasteiger partial charge on any atom is -0.492 e. The lowest BCUT2D eigenvalue weighted by Crippen LogP contribution is -2.46. The van der Waals surface area contributed by atoms with Gasteiger partial charge in [-0.3, -0.25) is 4.79 Å². The van der Waals surface area contributed by atoms with Crippen LogP contribution in [0.5, 0.6) is 5.75 Å². The molecule has 2 aliphatic rings. The van der Waals surface area contributed by atoms with Gasteiger partial charge in [0.25, 0.3) is 0 Å². The van der Waals surface area contributed by atoms with E-state index >= 15 is 0 Å². The first kappa shape index (κ1) is 13.4. The molecule has 1 N–H and O–H groups in total. The van der Waals surface area contributed by atoms with Crippen molar-refractivity contribution in [3.63, 3.8) is 0 Å². The number of hydrogen-bond acceptors (Lipinski definition) is 3. The molecule has 0 fully saturated rings. The number of para-hydroxylation sites is 1. The van der Waals surface area contributed by atoms with Gasteiger partial charge in [-0.1, -0.05) is 18.2 Å². The third kappa shape index (κ3) is 2.47. The first-order valence-electron chi connectivity index (χ1n) is 7.80. The molecule has 0 unspecified atom stereocenters. The van der Waals surface area contributed by atoms with Crippen molar-refractivity contribution in [3.05, 3.63) is 48.0 Å². The van der Waals surface area contributed by atoms with Crippen LogP contribution >= 0.6 is 0 Å². The molecule has 1 aromatic carbocycles. The zero-order valence-corrected chi connectivity index (χ0v) is 12.4. The van der Waals surface area contributed by atoms with Gasteiger partial charge in [-0.15, -0.1) is 0 Å². The van der Waals surface area contributed by atoms with Gasteiger partial charge in [-0.2, -0.15) is 0 Å². The van der Waals surface area contributed by atoms with Crippen molar-refractivity contribution in [2.45, 2.75) is 31.8 Å². The summed E-state index contributed by atoms with van der Waals surface area (Å²) >= 11 is 0. The number of hydrogen-bond donors (Lipinski definition) is 1. The molecule has 2 atom stereocenters. The maximum absolute atomic E-state index is 12.5. The average Bonchev–Trinajstić information content (AvgIpc) is 3.02. The molecular formula is C17H19N3O2. The molecule has 2 aromatic rings. The molecule has 4 rings (SSSR count). The molecule has 0 bridgehead atoms. The first-order chi connectivity index (χ1) is 10.8. The standard InChI is InChI=1S/C17H19N3O2/c21-17(13-9-12-3-1-2-4-15(12)22-11-13)19-14-5-6-16-18-7-8-20(16)10-14/h1-4,7-8,13-14H,5-6,9-11H2,(H,19,21)/t13-,14-/m0/s1. The highest BCUT2D eigenvalue weighted by Crippen LogP contribution is 2.27. The normalized spacial score (nSPS) is 23.1. The van der Waals surface area contributed by atoms with Crippen LogP contribution in [0, 0.1) is 5.92 Å². The predicted molar refractivity (Wildman–Crippen MR) is 81.6 cm³/mol. The van der Waals surface area contributed by atoms with Crippen LogP contribution in [0.25, 0.3) is 0 Å². The maximum Gasteiger partial charge on any atom is 0.227 e.